The summed E-state index contributed by atoms with van der Waals surface area (Å²) in [5, 5.41) is 8.76. The minimum Gasteiger partial charge on any atom is -0.474 e. The van der Waals surface area contributed by atoms with Crippen LogP contribution in [0, 0.1) is 17.1 Å². The zero-order chi connectivity index (χ0) is 18.6. The standard InChI is InChI=1S/C18H18FN3O3S/c19-14-2-8-17(9-3-14)26(23,24)22-15-4-6-16(7-5-15)25-18-10-1-13(11-20)12-21-18/h1-3,8-10,12,15-16,22H,4-7H2. The lowest BCUT2D eigenvalue weighted by Gasteiger charge is -2.29. The Morgan fingerprint density at radius 3 is 2.38 bits per heavy atom. The Kier molecular flexibility index (Phi) is 5.49. The van der Waals surface area contributed by atoms with Crippen LogP contribution in [0.4, 0.5) is 4.39 Å². The molecule has 6 nitrogen and oxygen atoms in total. The highest BCUT2D eigenvalue weighted by Gasteiger charge is 2.26. The molecule has 1 aromatic heterocycles. The summed E-state index contributed by atoms with van der Waals surface area (Å²) in [6.07, 6.45) is 4.08. The van der Waals surface area contributed by atoms with E-state index in [2.05, 4.69) is 9.71 Å². The number of pyridine rings is 1. The first-order valence-electron chi connectivity index (χ1n) is 8.27. The fraction of sp³-hybridized carbons (Fsp3) is 0.333. The zero-order valence-corrected chi connectivity index (χ0v) is 14.7. The molecule has 0 bridgehead atoms. The minimum atomic E-state index is -3.66. The fourth-order valence-electron chi connectivity index (χ4n) is 2.89. The largest absolute Gasteiger partial charge is 0.474 e. The van der Waals surface area contributed by atoms with Gasteiger partial charge < -0.3 is 4.74 Å². The van der Waals surface area contributed by atoms with E-state index >= 15 is 0 Å². The highest BCUT2D eigenvalue weighted by Crippen LogP contribution is 2.24. The number of hydrogen-bond acceptors (Lipinski definition) is 5. The predicted octanol–water partition coefficient (Wildman–Crippen LogP) is 2.76. The Morgan fingerprint density at radius 2 is 1.81 bits per heavy atom. The summed E-state index contributed by atoms with van der Waals surface area (Å²) >= 11 is 0. The van der Waals surface area contributed by atoms with E-state index in [1.165, 1.54) is 18.3 Å². The first kappa shape index (κ1) is 18.3. The molecule has 1 fully saturated rings. The summed E-state index contributed by atoms with van der Waals surface area (Å²) in [5.41, 5.74) is 0.469. The molecule has 0 spiro atoms. The van der Waals surface area contributed by atoms with Gasteiger partial charge in [-0.25, -0.2) is 22.5 Å². The van der Waals surface area contributed by atoms with Crippen molar-refractivity contribution in [2.45, 2.75) is 42.7 Å². The van der Waals surface area contributed by atoms with Gasteiger partial charge in [0.1, 0.15) is 18.0 Å². The molecule has 8 heteroatoms. The molecule has 1 N–H and O–H groups in total. The van der Waals surface area contributed by atoms with Gasteiger partial charge in [-0.3, -0.25) is 0 Å². The lowest BCUT2D eigenvalue weighted by atomic mass is 9.94. The number of nitrogens with zero attached hydrogens (tertiary/aromatic N) is 2. The lowest BCUT2D eigenvalue weighted by molar-refractivity contribution is 0.138. The number of hydrogen-bond donors (Lipinski definition) is 1. The summed E-state index contributed by atoms with van der Waals surface area (Å²) in [4.78, 5) is 4.14. The maximum absolute atomic E-state index is 12.9. The van der Waals surface area contributed by atoms with Gasteiger partial charge in [0.2, 0.25) is 15.9 Å². The van der Waals surface area contributed by atoms with Crippen LogP contribution in [0.1, 0.15) is 31.2 Å². The summed E-state index contributed by atoms with van der Waals surface area (Å²) in [6, 6.07) is 9.88. The van der Waals surface area contributed by atoms with Crippen LogP contribution < -0.4 is 9.46 Å². The van der Waals surface area contributed by atoms with E-state index in [0.717, 1.165) is 12.1 Å². The molecule has 0 unspecified atom stereocenters. The summed E-state index contributed by atoms with van der Waals surface area (Å²) < 4.78 is 46.1. The highest BCUT2D eigenvalue weighted by molar-refractivity contribution is 7.89. The second-order valence-electron chi connectivity index (χ2n) is 6.16. The van der Waals surface area contributed by atoms with E-state index in [1.54, 1.807) is 12.1 Å². The van der Waals surface area contributed by atoms with Crippen molar-refractivity contribution < 1.29 is 17.5 Å². The van der Waals surface area contributed by atoms with Crippen molar-refractivity contribution in [3.8, 4) is 11.9 Å². The van der Waals surface area contributed by atoms with Crippen LogP contribution in [-0.2, 0) is 10.0 Å². The molecule has 0 saturated heterocycles. The topological polar surface area (TPSA) is 92.1 Å². The van der Waals surface area contributed by atoms with Gasteiger partial charge in [0, 0.05) is 18.3 Å². The van der Waals surface area contributed by atoms with Crippen molar-refractivity contribution in [3.63, 3.8) is 0 Å². The van der Waals surface area contributed by atoms with E-state index in [1.807, 2.05) is 6.07 Å². The molecule has 0 atom stereocenters. The van der Waals surface area contributed by atoms with Crippen LogP contribution in [0.25, 0.3) is 0 Å². The quantitative estimate of drug-likeness (QED) is 0.867. The molecule has 3 rings (SSSR count). The third kappa shape index (κ3) is 4.56. The first-order valence-corrected chi connectivity index (χ1v) is 9.75. The van der Waals surface area contributed by atoms with E-state index in [9.17, 15) is 12.8 Å². The molecule has 136 valence electrons. The van der Waals surface area contributed by atoms with Crippen LogP contribution in [0.3, 0.4) is 0 Å². The Bertz CT molecular complexity index is 885. The molecule has 0 aliphatic heterocycles. The van der Waals surface area contributed by atoms with Crippen molar-refractivity contribution in [2.24, 2.45) is 0 Å². The molecule has 1 heterocycles. The number of nitriles is 1. The van der Waals surface area contributed by atoms with Crippen molar-refractivity contribution in [1.29, 1.82) is 5.26 Å². The van der Waals surface area contributed by atoms with Crippen molar-refractivity contribution >= 4 is 10.0 Å². The van der Waals surface area contributed by atoms with E-state index in [-0.39, 0.29) is 17.0 Å². The van der Waals surface area contributed by atoms with Crippen LogP contribution in [0.2, 0.25) is 0 Å². The molecule has 1 aliphatic carbocycles. The van der Waals surface area contributed by atoms with Gasteiger partial charge in [-0.15, -0.1) is 0 Å². The molecular formula is C18H18FN3O3S. The number of nitrogens with one attached hydrogen (secondary N) is 1. The monoisotopic (exact) mass is 375 g/mol. The average Bonchev–Trinajstić information content (AvgIpc) is 2.64. The average molecular weight is 375 g/mol. The van der Waals surface area contributed by atoms with Gasteiger partial charge in [-0.1, -0.05) is 0 Å². The maximum atomic E-state index is 12.9. The third-order valence-corrected chi connectivity index (χ3v) is 5.81. The van der Waals surface area contributed by atoms with Gasteiger partial charge in [0.05, 0.1) is 10.5 Å². The Morgan fingerprint density at radius 1 is 1.12 bits per heavy atom. The van der Waals surface area contributed by atoms with Gasteiger partial charge in [-0.05, 0) is 56.0 Å². The molecule has 2 aromatic rings. The third-order valence-electron chi connectivity index (χ3n) is 4.27. The second kappa shape index (κ2) is 7.81. The maximum Gasteiger partial charge on any atom is 0.240 e. The van der Waals surface area contributed by atoms with Crippen LogP contribution in [0.5, 0.6) is 5.88 Å². The molecule has 1 aromatic carbocycles. The van der Waals surface area contributed by atoms with Crippen LogP contribution in [0.15, 0.2) is 47.5 Å². The van der Waals surface area contributed by atoms with Gasteiger partial charge in [0.25, 0.3) is 0 Å². The first-order chi connectivity index (χ1) is 12.5. The van der Waals surface area contributed by atoms with Gasteiger partial charge in [0.15, 0.2) is 0 Å². The van der Waals surface area contributed by atoms with Crippen molar-refractivity contribution in [3.05, 3.63) is 54.0 Å². The minimum absolute atomic E-state index is 0.0398. The highest BCUT2D eigenvalue weighted by atomic mass is 32.2. The van der Waals surface area contributed by atoms with E-state index in [4.69, 9.17) is 10.00 Å². The summed E-state index contributed by atoms with van der Waals surface area (Å²) in [6.45, 7) is 0. The molecule has 1 aliphatic rings. The van der Waals surface area contributed by atoms with E-state index < -0.39 is 15.8 Å². The normalized spacial score (nSPS) is 20.3. The van der Waals surface area contributed by atoms with Crippen LogP contribution >= 0.6 is 0 Å². The number of benzene rings is 1. The Labute approximate surface area is 151 Å². The molecule has 0 amide bonds. The Hall–Kier alpha value is -2.50. The predicted molar refractivity (Wildman–Crippen MR) is 92.3 cm³/mol. The van der Waals surface area contributed by atoms with E-state index in [0.29, 0.717) is 37.1 Å². The number of ether oxygens (including phenoxy) is 1. The molecule has 0 radical (unpaired) electrons. The Balaban J connectivity index is 1.53. The number of rotatable bonds is 5. The second-order valence-corrected chi connectivity index (χ2v) is 7.88. The van der Waals surface area contributed by atoms with Crippen molar-refractivity contribution in [1.82, 2.24) is 9.71 Å². The number of aromatic nitrogens is 1. The SMILES string of the molecule is N#Cc1ccc(OC2CCC(NS(=O)(=O)c3ccc(F)cc3)CC2)nc1. The smallest absolute Gasteiger partial charge is 0.240 e. The molecule has 26 heavy (non-hydrogen) atoms. The number of sulfonamides is 1. The van der Waals surface area contributed by atoms with Crippen molar-refractivity contribution in [2.75, 3.05) is 0 Å². The number of halogens is 1. The molecule has 1 saturated carbocycles. The fourth-order valence-corrected chi connectivity index (χ4v) is 4.19. The van der Waals surface area contributed by atoms with Gasteiger partial charge >= 0.3 is 0 Å². The lowest BCUT2D eigenvalue weighted by Crippen LogP contribution is -2.39. The van der Waals surface area contributed by atoms with Gasteiger partial charge in [-0.2, -0.15) is 5.26 Å². The van der Waals surface area contributed by atoms with Crippen LogP contribution in [-0.4, -0.2) is 25.5 Å². The molecular weight excluding hydrogens is 357 g/mol. The summed E-state index contributed by atoms with van der Waals surface area (Å²) in [7, 11) is -3.66. The zero-order valence-electron chi connectivity index (χ0n) is 13.9. The summed E-state index contributed by atoms with van der Waals surface area (Å²) in [5.74, 6) is -0.0163.